The lowest BCUT2D eigenvalue weighted by atomic mass is 9.69. The third-order valence-corrected chi connectivity index (χ3v) is 14.1. The number of rotatable bonds is 10. The number of allylic oxidation sites excluding steroid dienone is 1. The van der Waals surface area contributed by atoms with Crippen molar-refractivity contribution in [3.05, 3.63) is 108 Å². The van der Waals surface area contributed by atoms with Gasteiger partial charge in [0.25, 0.3) is 8.32 Å². The summed E-state index contributed by atoms with van der Waals surface area (Å²) in [5.41, 5.74) is 0.820. The van der Waals surface area contributed by atoms with E-state index < -0.39 is 8.32 Å². The fourth-order valence-corrected chi connectivity index (χ4v) is 11.8. The van der Waals surface area contributed by atoms with Gasteiger partial charge in [0.05, 0.1) is 19.3 Å². The van der Waals surface area contributed by atoms with Gasteiger partial charge in [0.2, 0.25) is 0 Å². The first-order chi connectivity index (χ1) is 19.7. The molecule has 2 aliphatic rings. The Morgan fingerprint density at radius 3 is 2.17 bits per heavy atom. The molecule has 0 amide bonds. The summed E-state index contributed by atoms with van der Waals surface area (Å²) < 4.78 is 32.9. The lowest BCUT2D eigenvalue weighted by Crippen LogP contribution is -2.67. The Morgan fingerprint density at radius 1 is 1.00 bits per heavy atom. The van der Waals surface area contributed by atoms with E-state index in [1.165, 1.54) is 28.6 Å². The fraction of sp³-hybridized carbons (Fsp3) is 0.400. The number of halogens is 1. The molecule has 1 heterocycles. The van der Waals surface area contributed by atoms with E-state index in [0.717, 1.165) is 12.0 Å². The molecule has 3 aromatic carbocycles. The zero-order chi connectivity index (χ0) is 29.1. The van der Waals surface area contributed by atoms with Gasteiger partial charge in [-0.1, -0.05) is 99.6 Å². The first kappa shape index (κ1) is 29.4. The first-order valence-corrected chi connectivity index (χ1v) is 16.6. The van der Waals surface area contributed by atoms with Crippen LogP contribution in [0.1, 0.15) is 46.1 Å². The van der Waals surface area contributed by atoms with Crippen LogP contribution in [-0.2, 0) is 24.1 Å². The van der Waals surface area contributed by atoms with Crippen LogP contribution >= 0.6 is 0 Å². The average molecular weight is 573 g/mol. The Morgan fingerprint density at radius 2 is 1.61 bits per heavy atom. The van der Waals surface area contributed by atoms with Crippen LogP contribution in [-0.4, -0.2) is 40.2 Å². The molecule has 0 radical (unpaired) electrons. The van der Waals surface area contributed by atoms with Gasteiger partial charge in [0, 0.05) is 24.0 Å². The number of fused-ring (bicyclic) bond motifs is 2. The Labute approximate surface area is 244 Å². The van der Waals surface area contributed by atoms with Gasteiger partial charge in [-0.25, -0.2) is 9.18 Å². The second kappa shape index (κ2) is 12.0. The maximum absolute atomic E-state index is 13.9. The molecule has 0 spiro atoms. The molecule has 41 heavy (non-hydrogen) atoms. The van der Waals surface area contributed by atoms with Gasteiger partial charge in [-0.15, -0.1) is 0 Å². The van der Waals surface area contributed by atoms with Crippen LogP contribution in [0.4, 0.5) is 4.39 Å². The molecule has 0 N–H and O–H groups in total. The Balaban J connectivity index is 1.52. The molecule has 2 bridgehead atoms. The van der Waals surface area contributed by atoms with Crippen molar-refractivity contribution in [3.8, 4) is 0 Å². The van der Waals surface area contributed by atoms with Crippen molar-refractivity contribution in [2.75, 3.05) is 19.8 Å². The Hall–Kier alpha value is -3.06. The zero-order valence-corrected chi connectivity index (χ0v) is 25.5. The minimum absolute atomic E-state index is 0.0271. The molecule has 3 aromatic rings. The highest BCUT2D eigenvalue weighted by molar-refractivity contribution is 6.99. The maximum Gasteiger partial charge on any atom is 0.330 e. The van der Waals surface area contributed by atoms with Crippen molar-refractivity contribution >= 4 is 24.7 Å². The van der Waals surface area contributed by atoms with Crippen molar-refractivity contribution in [1.29, 1.82) is 0 Å². The molecular formula is C35H41FO4Si. The van der Waals surface area contributed by atoms with Crippen LogP contribution in [0.5, 0.6) is 0 Å². The standard InChI is InChI=1S/C35H41FO4Si/c1-5-38-33(37)18-12-17-31-30(32-23-35(31,25-39-32)26-19-21-27(36)22-20-26)24-40-41(34(2,3)4,28-13-8-6-9-14-28)29-15-10-7-11-16-29/h6-16,18-22,30-32H,5,17,23-25H2,1-4H3/t30-,31-,32-,35-/m0/s1. The number of hydrogen-bond donors (Lipinski definition) is 0. The molecule has 6 heteroatoms. The van der Waals surface area contributed by atoms with Crippen LogP contribution in [0.25, 0.3) is 0 Å². The molecule has 5 rings (SSSR count). The summed E-state index contributed by atoms with van der Waals surface area (Å²) in [6.45, 7) is 10.1. The summed E-state index contributed by atoms with van der Waals surface area (Å²) in [6, 6.07) is 28.2. The van der Waals surface area contributed by atoms with Crippen molar-refractivity contribution in [1.82, 2.24) is 0 Å². The largest absolute Gasteiger partial charge is 0.463 e. The second-order valence-electron chi connectivity index (χ2n) is 12.4. The number of carbonyl (C=O) groups excluding carboxylic acids is 1. The fourth-order valence-electron chi connectivity index (χ4n) is 7.24. The summed E-state index contributed by atoms with van der Waals surface area (Å²) in [7, 11) is -2.74. The van der Waals surface area contributed by atoms with E-state index in [1.54, 1.807) is 6.92 Å². The number of ether oxygens (including phenoxy) is 2. The molecule has 216 valence electrons. The highest BCUT2D eigenvalue weighted by Crippen LogP contribution is 2.57. The van der Waals surface area contributed by atoms with Gasteiger partial charge in [-0.05, 0) is 58.8 Å². The molecule has 2 fully saturated rings. The van der Waals surface area contributed by atoms with Crippen molar-refractivity contribution in [2.24, 2.45) is 11.8 Å². The number of hydrogen-bond acceptors (Lipinski definition) is 4. The van der Waals surface area contributed by atoms with E-state index in [4.69, 9.17) is 13.9 Å². The minimum atomic E-state index is -2.74. The SMILES string of the molecule is CCOC(=O)C=CC[C@H]1[C@H](CO[Si](c2ccccc2)(c2ccccc2)C(C)(C)C)[C@@H]2C[C@@]1(c1ccc(F)cc1)CO2. The summed E-state index contributed by atoms with van der Waals surface area (Å²) >= 11 is 0. The zero-order valence-electron chi connectivity index (χ0n) is 24.5. The Kier molecular flexibility index (Phi) is 8.64. The van der Waals surface area contributed by atoms with Crippen molar-refractivity contribution in [2.45, 2.75) is 57.1 Å². The highest BCUT2D eigenvalue weighted by atomic mass is 28.4. The topological polar surface area (TPSA) is 44.8 Å². The third-order valence-electron chi connectivity index (χ3n) is 9.08. The molecule has 0 unspecified atom stereocenters. The van der Waals surface area contributed by atoms with Gasteiger partial charge in [-0.3, -0.25) is 0 Å². The lowest BCUT2D eigenvalue weighted by molar-refractivity contribution is -0.137. The number of esters is 1. The second-order valence-corrected chi connectivity index (χ2v) is 16.7. The molecule has 1 aliphatic heterocycles. The van der Waals surface area contributed by atoms with Crippen LogP contribution in [0, 0.1) is 17.7 Å². The quantitative estimate of drug-likeness (QED) is 0.165. The molecular weight excluding hydrogens is 531 g/mol. The average Bonchev–Trinajstić information content (AvgIpc) is 3.53. The Bertz CT molecular complexity index is 1300. The van der Waals surface area contributed by atoms with Crippen LogP contribution < -0.4 is 10.4 Å². The van der Waals surface area contributed by atoms with Gasteiger partial charge in [-0.2, -0.15) is 0 Å². The van der Waals surface area contributed by atoms with E-state index in [9.17, 15) is 9.18 Å². The monoisotopic (exact) mass is 572 g/mol. The van der Waals surface area contributed by atoms with E-state index >= 15 is 0 Å². The first-order valence-electron chi connectivity index (χ1n) is 14.7. The van der Waals surface area contributed by atoms with Crippen LogP contribution in [0.2, 0.25) is 5.04 Å². The molecule has 1 saturated heterocycles. The van der Waals surface area contributed by atoms with Crippen LogP contribution in [0.3, 0.4) is 0 Å². The maximum atomic E-state index is 13.9. The highest BCUT2D eigenvalue weighted by Gasteiger charge is 2.60. The number of carbonyl (C=O) groups is 1. The number of benzene rings is 3. The lowest BCUT2D eigenvalue weighted by Gasteiger charge is -2.45. The summed E-state index contributed by atoms with van der Waals surface area (Å²) in [5.74, 6) is -0.301. The van der Waals surface area contributed by atoms with E-state index in [-0.39, 0.29) is 40.2 Å². The van der Waals surface area contributed by atoms with Gasteiger partial charge < -0.3 is 13.9 Å². The van der Waals surface area contributed by atoms with E-state index in [1.807, 2.05) is 18.2 Å². The minimum Gasteiger partial charge on any atom is -0.463 e. The molecule has 1 aliphatic carbocycles. The van der Waals surface area contributed by atoms with Gasteiger partial charge in [0.1, 0.15) is 5.82 Å². The predicted molar refractivity (Wildman–Crippen MR) is 163 cm³/mol. The summed E-state index contributed by atoms with van der Waals surface area (Å²) in [4.78, 5) is 12.1. The van der Waals surface area contributed by atoms with Gasteiger partial charge >= 0.3 is 5.97 Å². The normalized spacial score (nSPS) is 24.2. The summed E-state index contributed by atoms with van der Waals surface area (Å²) in [6.07, 6.45) is 5.04. The van der Waals surface area contributed by atoms with Crippen LogP contribution in [0.15, 0.2) is 97.1 Å². The molecule has 4 atom stereocenters. The summed E-state index contributed by atoms with van der Waals surface area (Å²) in [5, 5.41) is 2.35. The van der Waals surface area contributed by atoms with Crippen molar-refractivity contribution < 1.29 is 23.1 Å². The molecule has 4 nitrogen and oxygen atoms in total. The van der Waals surface area contributed by atoms with E-state index in [0.29, 0.717) is 26.2 Å². The predicted octanol–water partition coefficient (Wildman–Crippen LogP) is 6.18. The van der Waals surface area contributed by atoms with E-state index in [2.05, 4.69) is 81.4 Å². The molecule has 1 saturated carbocycles. The smallest absolute Gasteiger partial charge is 0.330 e. The van der Waals surface area contributed by atoms with Crippen molar-refractivity contribution in [3.63, 3.8) is 0 Å². The van der Waals surface area contributed by atoms with Gasteiger partial charge in [0.15, 0.2) is 0 Å². The third kappa shape index (κ3) is 5.57. The molecule has 0 aromatic heterocycles.